The second kappa shape index (κ2) is 6.67. The van der Waals surface area contributed by atoms with Crippen molar-refractivity contribution in [2.24, 2.45) is 0 Å². The van der Waals surface area contributed by atoms with Crippen molar-refractivity contribution in [2.45, 2.75) is 24.5 Å². The van der Waals surface area contributed by atoms with Crippen LogP contribution in [-0.4, -0.2) is 45.1 Å². The largest absolute Gasteiger partial charge is 0.392 e. The Labute approximate surface area is 119 Å². The third kappa shape index (κ3) is 4.74. The molecule has 1 aromatic carbocycles. The van der Waals surface area contributed by atoms with Gasteiger partial charge in [0.05, 0.1) is 11.6 Å². The summed E-state index contributed by atoms with van der Waals surface area (Å²) in [6.07, 6.45) is 0. The molecule has 108 valence electrons. The molecule has 0 fully saturated rings. The van der Waals surface area contributed by atoms with Crippen LogP contribution in [0.5, 0.6) is 0 Å². The number of halogens is 1. The first-order valence-electron chi connectivity index (χ1n) is 5.82. The van der Waals surface area contributed by atoms with Crippen LogP contribution in [0.4, 0.5) is 0 Å². The summed E-state index contributed by atoms with van der Waals surface area (Å²) >= 11 is 5.92. The van der Waals surface area contributed by atoms with E-state index in [4.69, 9.17) is 16.7 Å². The molecule has 19 heavy (non-hydrogen) atoms. The number of nitrogens with zero attached hydrogens (tertiary/aromatic N) is 1. The van der Waals surface area contributed by atoms with Gasteiger partial charge in [0.15, 0.2) is 0 Å². The fraction of sp³-hybridized carbons (Fsp3) is 0.500. The van der Waals surface area contributed by atoms with Crippen LogP contribution in [0.15, 0.2) is 23.1 Å². The van der Waals surface area contributed by atoms with Crippen LogP contribution >= 0.6 is 11.6 Å². The first kappa shape index (κ1) is 16.4. The third-order valence-corrected chi connectivity index (χ3v) is 4.53. The van der Waals surface area contributed by atoms with E-state index in [2.05, 4.69) is 4.72 Å². The van der Waals surface area contributed by atoms with Gasteiger partial charge in [-0.15, -0.1) is 0 Å². The Morgan fingerprint density at radius 2 is 2.05 bits per heavy atom. The molecule has 0 heterocycles. The Balaban J connectivity index is 3.00. The Hall–Kier alpha value is -0.660. The highest BCUT2D eigenvalue weighted by atomic mass is 35.5. The molecule has 0 spiro atoms. The number of sulfonamides is 1. The van der Waals surface area contributed by atoms with Gasteiger partial charge in [0, 0.05) is 12.6 Å². The maximum Gasteiger partial charge on any atom is 0.242 e. The lowest BCUT2D eigenvalue weighted by molar-refractivity contribution is 0.281. The highest BCUT2D eigenvalue weighted by Gasteiger charge is 2.21. The molecule has 0 aliphatic carbocycles. The molecule has 1 rings (SSSR count). The van der Waals surface area contributed by atoms with Crippen LogP contribution in [0.25, 0.3) is 0 Å². The summed E-state index contributed by atoms with van der Waals surface area (Å²) < 4.78 is 27.0. The summed E-state index contributed by atoms with van der Waals surface area (Å²) in [5, 5.41) is 9.20. The van der Waals surface area contributed by atoms with E-state index < -0.39 is 10.0 Å². The van der Waals surface area contributed by atoms with E-state index >= 15 is 0 Å². The second-order valence-electron chi connectivity index (χ2n) is 4.71. The molecule has 1 atom stereocenters. The van der Waals surface area contributed by atoms with Gasteiger partial charge >= 0.3 is 0 Å². The van der Waals surface area contributed by atoms with Crippen LogP contribution in [0.1, 0.15) is 12.5 Å². The van der Waals surface area contributed by atoms with Gasteiger partial charge in [-0.1, -0.05) is 17.7 Å². The van der Waals surface area contributed by atoms with Gasteiger partial charge in [0.25, 0.3) is 0 Å². The van der Waals surface area contributed by atoms with E-state index in [0.29, 0.717) is 12.1 Å². The molecule has 7 heteroatoms. The standard InChI is InChI=1S/C12H19ClN2O3S/c1-9(7-15(2)3)14-19(17,18)12-6-10(8-16)4-5-11(12)13/h4-6,9,14,16H,7-8H2,1-3H3. The Morgan fingerprint density at radius 1 is 1.42 bits per heavy atom. The van der Waals surface area contributed by atoms with Crippen LogP contribution in [0, 0.1) is 0 Å². The number of likely N-dealkylation sites (N-methyl/N-ethyl adjacent to an activating group) is 1. The lowest BCUT2D eigenvalue weighted by atomic mass is 10.2. The van der Waals surface area contributed by atoms with E-state index in [9.17, 15) is 8.42 Å². The minimum Gasteiger partial charge on any atom is -0.392 e. The van der Waals surface area contributed by atoms with Gasteiger partial charge in [-0.3, -0.25) is 0 Å². The van der Waals surface area contributed by atoms with Gasteiger partial charge in [0.1, 0.15) is 4.90 Å². The van der Waals surface area contributed by atoms with Gasteiger partial charge in [-0.05, 0) is 38.7 Å². The molecule has 0 aliphatic heterocycles. The SMILES string of the molecule is CC(CN(C)C)NS(=O)(=O)c1cc(CO)ccc1Cl. The number of aliphatic hydroxyl groups excluding tert-OH is 1. The number of aliphatic hydroxyl groups is 1. The summed E-state index contributed by atoms with van der Waals surface area (Å²) in [7, 11) is 0.0424. The predicted molar refractivity (Wildman–Crippen MR) is 75.7 cm³/mol. The van der Waals surface area contributed by atoms with Gasteiger partial charge in [-0.2, -0.15) is 0 Å². The summed E-state index contributed by atoms with van der Waals surface area (Å²) in [5.74, 6) is 0. The summed E-state index contributed by atoms with van der Waals surface area (Å²) in [5.41, 5.74) is 0.505. The summed E-state index contributed by atoms with van der Waals surface area (Å²) in [6.45, 7) is 2.13. The minimum absolute atomic E-state index is 0.00803. The average molecular weight is 307 g/mol. The lowest BCUT2D eigenvalue weighted by Gasteiger charge is -2.19. The van der Waals surface area contributed by atoms with Gasteiger partial charge in [0.2, 0.25) is 10.0 Å². The van der Waals surface area contributed by atoms with Crippen molar-refractivity contribution in [3.8, 4) is 0 Å². The van der Waals surface area contributed by atoms with Crippen LogP contribution in [0.2, 0.25) is 5.02 Å². The molecule has 0 amide bonds. The van der Waals surface area contributed by atoms with E-state index in [-0.39, 0.29) is 22.6 Å². The topological polar surface area (TPSA) is 69.6 Å². The lowest BCUT2D eigenvalue weighted by Crippen LogP contribution is -2.39. The molecule has 0 saturated carbocycles. The molecule has 1 aromatic rings. The summed E-state index contributed by atoms with van der Waals surface area (Å²) in [6, 6.07) is 4.20. The molecular weight excluding hydrogens is 288 g/mol. The maximum absolute atomic E-state index is 12.2. The van der Waals surface area contributed by atoms with Crippen molar-refractivity contribution in [3.05, 3.63) is 28.8 Å². The fourth-order valence-electron chi connectivity index (χ4n) is 1.77. The highest BCUT2D eigenvalue weighted by molar-refractivity contribution is 7.89. The number of benzene rings is 1. The van der Waals surface area contributed by atoms with Crippen molar-refractivity contribution in [1.82, 2.24) is 9.62 Å². The van der Waals surface area contributed by atoms with E-state index in [0.717, 1.165) is 0 Å². The molecule has 0 aromatic heterocycles. The smallest absolute Gasteiger partial charge is 0.242 e. The molecular formula is C12H19ClN2O3S. The fourth-order valence-corrected chi connectivity index (χ4v) is 3.55. The highest BCUT2D eigenvalue weighted by Crippen LogP contribution is 2.22. The maximum atomic E-state index is 12.2. The molecule has 2 N–H and O–H groups in total. The van der Waals surface area contributed by atoms with Crippen LogP contribution in [-0.2, 0) is 16.6 Å². The van der Waals surface area contributed by atoms with Crippen molar-refractivity contribution in [1.29, 1.82) is 0 Å². The predicted octanol–water partition coefficient (Wildman–Crippen LogP) is 1.06. The minimum atomic E-state index is -3.69. The first-order chi connectivity index (χ1) is 8.76. The zero-order valence-electron chi connectivity index (χ0n) is 11.2. The van der Waals surface area contributed by atoms with Gasteiger partial charge in [-0.25, -0.2) is 13.1 Å². The van der Waals surface area contributed by atoms with Gasteiger partial charge < -0.3 is 10.0 Å². The normalized spacial score (nSPS) is 13.8. The van der Waals surface area contributed by atoms with Crippen molar-refractivity contribution >= 4 is 21.6 Å². The second-order valence-corrected chi connectivity index (χ2v) is 6.80. The molecule has 0 bridgehead atoms. The third-order valence-electron chi connectivity index (χ3n) is 2.46. The number of rotatable bonds is 6. The Kier molecular flexibility index (Phi) is 5.76. The van der Waals surface area contributed by atoms with Crippen molar-refractivity contribution < 1.29 is 13.5 Å². The van der Waals surface area contributed by atoms with E-state index in [1.54, 1.807) is 13.0 Å². The van der Waals surface area contributed by atoms with Crippen molar-refractivity contribution in [2.75, 3.05) is 20.6 Å². The molecule has 0 saturated heterocycles. The zero-order valence-corrected chi connectivity index (χ0v) is 12.8. The monoisotopic (exact) mass is 306 g/mol. The quantitative estimate of drug-likeness (QED) is 0.824. The first-order valence-corrected chi connectivity index (χ1v) is 7.68. The molecule has 0 aliphatic rings. The van der Waals surface area contributed by atoms with Crippen molar-refractivity contribution in [3.63, 3.8) is 0 Å². The number of nitrogens with one attached hydrogen (secondary N) is 1. The van der Waals surface area contributed by atoms with E-state index in [1.165, 1.54) is 12.1 Å². The molecule has 5 nitrogen and oxygen atoms in total. The van der Waals surface area contributed by atoms with Crippen LogP contribution in [0.3, 0.4) is 0 Å². The van der Waals surface area contributed by atoms with Crippen LogP contribution < -0.4 is 4.72 Å². The summed E-state index contributed by atoms with van der Waals surface area (Å²) in [4.78, 5) is 1.88. The number of hydrogen-bond donors (Lipinski definition) is 2. The average Bonchev–Trinajstić information content (AvgIpc) is 2.27. The Morgan fingerprint density at radius 3 is 2.58 bits per heavy atom. The molecule has 0 radical (unpaired) electrons. The Bertz CT molecular complexity index is 532. The van der Waals surface area contributed by atoms with E-state index in [1.807, 2.05) is 19.0 Å². The number of hydrogen-bond acceptors (Lipinski definition) is 4. The zero-order chi connectivity index (χ0) is 14.6. The molecule has 1 unspecified atom stereocenters.